The number of rotatable bonds is 3. The molecule has 19 heavy (non-hydrogen) atoms. The van der Waals surface area contributed by atoms with Gasteiger partial charge in [0.05, 0.1) is 6.54 Å². The third-order valence-corrected chi connectivity index (χ3v) is 2.76. The molecule has 0 amide bonds. The SMILES string of the molecule is Cc1oc(C(=O)O)cc1Cn1cc(C)c(=O)[nH]c1=O. The van der Waals surface area contributed by atoms with Crippen LogP contribution in [-0.4, -0.2) is 20.6 Å². The van der Waals surface area contributed by atoms with Crippen molar-refractivity contribution in [3.8, 4) is 0 Å². The molecule has 0 aliphatic carbocycles. The maximum atomic E-state index is 11.6. The minimum Gasteiger partial charge on any atom is -0.475 e. The highest BCUT2D eigenvalue weighted by molar-refractivity contribution is 5.84. The average molecular weight is 264 g/mol. The van der Waals surface area contributed by atoms with Gasteiger partial charge in [-0.05, 0) is 19.9 Å². The van der Waals surface area contributed by atoms with Crippen molar-refractivity contribution in [3.63, 3.8) is 0 Å². The summed E-state index contributed by atoms with van der Waals surface area (Å²) in [4.78, 5) is 35.8. The van der Waals surface area contributed by atoms with Crippen LogP contribution in [0.3, 0.4) is 0 Å². The molecule has 2 aromatic heterocycles. The lowest BCUT2D eigenvalue weighted by molar-refractivity contribution is 0.0661. The van der Waals surface area contributed by atoms with Crippen molar-refractivity contribution in [1.29, 1.82) is 0 Å². The number of nitrogens with one attached hydrogen (secondary N) is 1. The second kappa shape index (κ2) is 4.60. The molecule has 0 unspecified atom stereocenters. The fraction of sp³-hybridized carbons (Fsp3) is 0.250. The zero-order valence-electron chi connectivity index (χ0n) is 10.4. The molecular weight excluding hydrogens is 252 g/mol. The minimum absolute atomic E-state index is 0.138. The number of furan rings is 1. The Hall–Kier alpha value is -2.57. The van der Waals surface area contributed by atoms with E-state index in [1.54, 1.807) is 13.8 Å². The molecule has 7 heteroatoms. The average Bonchev–Trinajstić information content (AvgIpc) is 2.68. The molecule has 0 saturated heterocycles. The summed E-state index contributed by atoms with van der Waals surface area (Å²) in [7, 11) is 0. The highest BCUT2D eigenvalue weighted by atomic mass is 16.4. The van der Waals surface area contributed by atoms with Crippen LogP contribution >= 0.6 is 0 Å². The van der Waals surface area contributed by atoms with Gasteiger partial charge in [-0.3, -0.25) is 14.3 Å². The van der Waals surface area contributed by atoms with Crippen LogP contribution < -0.4 is 11.2 Å². The van der Waals surface area contributed by atoms with Gasteiger partial charge in [-0.1, -0.05) is 0 Å². The smallest absolute Gasteiger partial charge is 0.371 e. The van der Waals surface area contributed by atoms with Crippen molar-refractivity contribution >= 4 is 5.97 Å². The first-order chi connectivity index (χ1) is 8.88. The Morgan fingerprint density at radius 3 is 2.68 bits per heavy atom. The van der Waals surface area contributed by atoms with Crippen LogP contribution in [0.2, 0.25) is 0 Å². The van der Waals surface area contributed by atoms with Crippen LogP contribution in [0.1, 0.15) is 27.4 Å². The van der Waals surface area contributed by atoms with Crippen LogP contribution in [0.5, 0.6) is 0 Å². The van der Waals surface area contributed by atoms with E-state index in [4.69, 9.17) is 9.52 Å². The summed E-state index contributed by atoms with van der Waals surface area (Å²) in [5.74, 6) is -0.922. The van der Waals surface area contributed by atoms with Gasteiger partial charge in [-0.15, -0.1) is 0 Å². The van der Waals surface area contributed by atoms with Gasteiger partial charge < -0.3 is 9.52 Å². The first kappa shape index (κ1) is 12.9. The first-order valence-electron chi connectivity index (χ1n) is 5.51. The number of hydrogen-bond donors (Lipinski definition) is 2. The van der Waals surface area contributed by atoms with Crippen LogP contribution in [0.25, 0.3) is 0 Å². The lowest BCUT2D eigenvalue weighted by Gasteiger charge is -2.04. The number of aromatic carboxylic acids is 1. The predicted octanol–water partition coefficient (Wildman–Crippen LogP) is 0.493. The molecule has 2 N–H and O–H groups in total. The lowest BCUT2D eigenvalue weighted by atomic mass is 10.2. The van der Waals surface area contributed by atoms with Crippen LogP contribution in [0.15, 0.2) is 26.3 Å². The molecule has 0 bridgehead atoms. The highest BCUT2D eigenvalue weighted by Gasteiger charge is 2.14. The number of nitrogens with zero attached hydrogens (tertiary/aromatic N) is 1. The molecule has 0 fully saturated rings. The van der Waals surface area contributed by atoms with E-state index in [1.807, 2.05) is 0 Å². The molecule has 0 atom stereocenters. The third-order valence-electron chi connectivity index (χ3n) is 2.76. The van der Waals surface area contributed by atoms with Gasteiger partial charge in [0.25, 0.3) is 5.56 Å². The Balaban J connectivity index is 2.42. The molecular formula is C12H12N2O5. The summed E-state index contributed by atoms with van der Waals surface area (Å²) < 4.78 is 6.35. The number of carboxylic acid groups (broad SMARTS) is 1. The molecule has 100 valence electrons. The van der Waals surface area contributed by atoms with E-state index in [0.717, 1.165) is 0 Å². The number of aromatic amines is 1. The number of aryl methyl sites for hydroxylation is 2. The molecule has 2 heterocycles. The molecule has 0 aliphatic heterocycles. The van der Waals surface area contributed by atoms with Crippen molar-refractivity contribution in [2.24, 2.45) is 0 Å². The van der Waals surface area contributed by atoms with Crippen LogP contribution in [0.4, 0.5) is 0 Å². The van der Waals surface area contributed by atoms with Gasteiger partial charge in [-0.2, -0.15) is 0 Å². The number of H-pyrrole nitrogens is 1. The summed E-state index contributed by atoms with van der Waals surface area (Å²) in [6.07, 6.45) is 1.42. The van der Waals surface area contributed by atoms with Gasteiger partial charge in [-0.25, -0.2) is 9.59 Å². The van der Waals surface area contributed by atoms with E-state index in [9.17, 15) is 14.4 Å². The standard InChI is InChI=1S/C12H12N2O5/c1-6-4-14(12(18)13-10(6)15)5-8-3-9(11(16)17)19-7(8)2/h3-4H,5H2,1-2H3,(H,16,17)(H,13,15,18). The Morgan fingerprint density at radius 1 is 1.42 bits per heavy atom. The predicted molar refractivity (Wildman–Crippen MR) is 65.6 cm³/mol. The second-order valence-corrected chi connectivity index (χ2v) is 4.20. The lowest BCUT2D eigenvalue weighted by Crippen LogP contribution is -2.31. The summed E-state index contributed by atoms with van der Waals surface area (Å²) >= 11 is 0. The fourth-order valence-corrected chi connectivity index (χ4v) is 1.70. The first-order valence-corrected chi connectivity index (χ1v) is 5.51. The summed E-state index contributed by atoms with van der Waals surface area (Å²) in [6, 6.07) is 1.37. The van der Waals surface area contributed by atoms with Gasteiger partial charge in [0.2, 0.25) is 5.76 Å². The number of aromatic nitrogens is 2. The van der Waals surface area contributed by atoms with E-state index in [-0.39, 0.29) is 12.3 Å². The Kier molecular flexibility index (Phi) is 3.12. The molecule has 0 radical (unpaired) electrons. The van der Waals surface area contributed by atoms with Crippen molar-refractivity contribution in [1.82, 2.24) is 9.55 Å². The fourth-order valence-electron chi connectivity index (χ4n) is 1.70. The molecule has 2 aromatic rings. The topological polar surface area (TPSA) is 105 Å². The Morgan fingerprint density at radius 2 is 2.11 bits per heavy atom. The van der Waals surface area contributed by atoms with Crippen molar-refractivity contribution in [2.45, 2.75) is 20.4 Å². The number of carbonyl (C=O) groups is 1. The monoisotopic (exact) mass is 264 g/mol. The van der Waals surface area contributed by atoms with Crippen molar-refractivity contribution in [2.75, 3.05) is 0 Å². The molecule has 0 saturated carbocycles. The quantitative estimate of drug-likeness (QED) is 0.839. The van der Waals surface area contributed by atoms with Gasteiger partial charge in [0, 0.05) is 17.3 Å². The molecule has 0 aromatic carbocycles. The van der Waals surface area contributed by atoms with Crippen LogP contribution in [0, 0.1) is 13.8 Å². The highest BCUT2D eigenvalue weighted by Crippen LogP contribution is 2.15. The molecule has 0 aliphatic rings. The molecule has 7 nitrogen and oxygen atoms in total. The Bertz CT molecular complexity index is 750. The minimum atomic E-state index is -1.17. The van der Waals surface area contributed by atoms with E-state index < -0.39 is 17.2 Å². The summed E-state index contributed by atoms with van der Waals surface area (Å²) in [5, 5.41) is 8.81. The molecule has 2 rings (SSSR count). The Labute approximate surface area is 107 Å². The number of carboxylic acids is 1. The maximum Gasteiger partial charge on any atom is 0.371 e. The van der Waals surface area contributed by atoms with Gasteiger partial charge >= 0.3 is 11.7 Å². The number of hydrogen-bond acceptors (Lipinski definition) is 4. The van der Waals surface area contributed by atoms with Crippen molar-refractivity contribution in [3.05, 3.63) is 55.7 Å². The van der Waals surface area contributed by atoms with E-state index in [0.29, 0.717) is 16.9 Å². The summed E-state index contributed by atoms with van der Waals surface area (Å²) in [6.45, 7) is 3.34. The zero-order valence-corrected chi connectivity index (χ0v) is 10.4. The molecule has 0 spiro atoms. The van der Waals surface area contributed by atoms with E-state index in [2.05, 4.69) is 4.98 Å². The maximum absolute atomic E-state index is 11.6. The largest absolute Gasteiger partial charge is 0.475 e. The normalized spacial score (nSPS) is 10.6. The summed E-state index contributed by atoms with van der Waals surface area (Å²) in [5.41, 5.74) is -0.00498. The second-order valence-electron chi connectivity index (χ2n) is 4.20. The van der Waals surface area contributed by atoms with Gasteiger partial charge in [0.15, 0.2) is 0 Å². The zero-order chi connectivity index (χ0) is 14.2. The van der Waals surface area contributed by atoms with Gasteiger partial charge in [0.1, 0.15) is 5.76 Å². The third kappa shape index (κ3) is 2.49. The van der Waals surface area contributed by atoms with Crippen LogP contribution in [-0.2, 0) is 6.54 Å². The van der Waals surface area contributed by atoms with Crippen molar-refractivity contribution < 1.29 is 14.3 Å². The van der Waals surface area contributed by atoms with E-state index >= 15 is 0 Å². The van der Waals surface area contributed by atoms with E-state index in [1.165, 1.54) is 16.8 Å².